The van der Waals surface area contributed by atoms with Gasteiger partial charge in [0.2, 0.25) is 5.91 Å². The molecule has 1 aliphatic rings. The second-order valence-electron chi connectivity index (χ2n) is 5.42. The minimum atomic E-state index is 0.0258. The van der Waals surface area contributed by atoms with Crippen molar-refractivity contribution >= 4 is 17.2 Å². The number of nitrogens with one attached hydrogen (secondary N) is 1. The highest BCUT2D eigenvalue weighted by atomic mass is 32.1. The first-order chi connectivity index (χ1) is 9.72. The average Bonchev–Trinajstić information content (AvgIpc) is 3.08. The van der Waals surface area contributed by atoms with Crippen molar-refractivity contribution < 1.29 is 4.79 Å². The Balaban J connectivity index is 1.54. The molecule has 2 aromatic heterocycles. The van der Waals surface area contributed by atoms with Gasteiger partial charge >= 0.3 is 0 Å². The molecule has 2 atom stereocenters. The van der Waals surface area contributed by atoms with E-state index in [0.29, 0.717) is 0 Å². The Kier molecular flexibility index (Phi) is 3.87. The zero-order valence-corrected chi connectivity index (χ0v) is 12.4. The Labute approximate surface area is 122 Å². The summed E-state index contributed by atoms with van der Waals surface area (Å²) in [5.74, 6) is 1.31. The molecule has 2 aromatic rings. The third kappa shape index (κ3) is 2.93. The molecule has 1 aliphatic heterocycles. The molecule has 1 amide bonds. The summed E-state index contributed by atoms with van der Waals surface area (Å²) in [6, 6.07) is 4.36. The smallest absolute Gasteiger partial charge is 0.223 e. The maximum Gasteiger partial charge on any atom is 0.223 e. The van der Waals surface area contributed by atoms with Crippen molar-refractivity contribution in [2.75, 3.05) is 0 Å². The van der Waals surface area contributed by atoms with Gasteiger partial charge in [-0.15, -0.1) is 11.3 Å². The number of nitrogens with zero attached hydrogens (tertiary/aromatic N) is 2. The first kappa shape index (κ1) is 13.4. The molecule has 20 heavy (non-hydrogen) atoms. The lowest BCUT2D eigenvalue weighted by Gasteiger charge is -2.26. The number of carbonyl (C=O) groups excluding carboxylic acids is 1. The van der Waals surface area contributed by atoms with E-state index in [1.54, 1.807) is 11.3 Å². The van der Waals surface area contributed by atoms with E-state index in [-0.39, 0.29) is 17.9 Å². The van der Waals surface area contributed by atoms with Crippen LogP contribution in [0.25, 0.3) is 0 Å². The van der Waals surface area contributed by atoms with Crippen LogP contribution in [-0.4, -0.2) is 21.5 Å². The third-order valence-electron chi connectivity index (χ3n) is 3.82. The van der Waals surface area contributed by atoms with Gasteiger partial charge in [0, 0.05) is 42.2 Å². The second kappa shape index (κ2) is 5.79. The van der Waals surface area contributed by atoms with E-state index in [1.165, 1.54) is 4.88 Å². The number of aromatic nitrogens is 2. The fourth-order valence-electron chi connectivity index (χ4n) is 2.65. The van der Waals surface area contributed by atoms with Crippen molar-refractivity contribution in [3.63, 3.8) is 0 Å². The molecule has 0 fully saturated rings. The Morgan fingerprint density at radius 2 is 2.55 bits per heavy atom. The van der Waals surface area contributed by atoms with E-state index < -0.39 is 0 Å². The number of amides is 1. The molecule has 1 N–H and O–H groups in total. The highest BCUT2D eigenvalue weighted by Gasteiger charge is 2.22. The Morgan fingerprint density at radius 1 is 1.65 bits per heavy atom. The normalized spacial score (nSPS) is 19.4. The van der Waals surface area contributed by atoms with E-state index in [4.69, 9.17) is 0 Å². The van der Waals surface area contributed by atoms with Gasteiger partial charge in [-0.05, 0) is 24.3 Å². The molecule has 0 saturated carbocycles. The summed E-state index contributed by atoms with van der Waals surface area (Å²) in [7, 11) is 0. The van der Waals surface area contributed by atoms with Crippen molar-refractivity contribution in [3.05, 3.63) is 40.6 Å². The fourth-order valence-corrected chi connectivity index (χ4v) is 3.49. The molecule has 5 heteroatoms. The number of imidazole rings is 1. The van der Waals surface area contributed by atoms with Crippen molar-refractivity contribution in [1.82, 2.24) is 14.9 Å². The zero-order valence-electron chi connectivity index (χ0n) is 11.6. The minimum absolute atomic E-state index is 0.0258. The van der Waals surface area contributed by atoms with Crippen LogP contribution in [0.1, 0.15) is 24.0 Å². The lowest BCUT2D eigenvalue weighted by Crippen LogP contribution is -2.43. The molecule has 106 valence electrons. The van der Waals surface area contributed by atoms with Gasteiger partial charge in [0.25, 0.3) is 0 Å². The number of hydrogen-bond donors (Lipinski definition) is 1. The molecular weight excluding hydrogens is 270 g/mol. The van der Waals surface area contributed by atoms with Gasteiger partial charge in [-0.3, -0.25) is 4.79 Å². The van der Waals surface area contributed by atoms with Crippen molar-refractivity contribution in [1.29, 1.82) is 0 Å². The third-order valence-corrected chi connectivity index (χ3v) is 4.72. The Morgan fingerprint density at radius 3 is 3.35 bits per heavy atom. The lowest BCUT2D eigenvalue weighted by atomic mass is 10.0. The van der Waals surface area contributed by atoms with Crippen LogP contribution in [0, 0.1) is 5.92 Å². The molecule has 0 unspecified atom stereocenters. The zero-order chi connectivity index (χ0) is 13.9. The van der Waals surface area contributed by atoms with Gasteiger partial charge in [0.1, 0.15) is 5.82 Å². The molecule has 3 heterocycles. The predicted molar refractivity (Wildman–Crippen MR) is 79.7 cm³/mol. The van der Waals surface area contributed by atoms with Crippen LogP contribution in [0.5, 0.6) is 0 Å². The summed E-state index contributed by atoms with van der Waals surface area (Å²) in [5, 5.41) is 5.24. The largest absolute Gasteiger partial charge is 0.351 e. The summed E-state index contributed by atoms with van der Waals surface area (Å²) >= 11 is 1.71. The van der Waals surface area contributed by atoms with Gasteiger partial charge in [-0.2, -0.15) is 0 Å². The molecule has 0 aromatic carbocycles. The topological polar surface area (TPSA) is 46.9 Å². The molecule has 0 bridgehead atoms. The Bertz CT molecular complexity index is 576. The van der Waals surface area contributed by atoms with E-state index in [9.17, 15) is 4.79 Å². The predicted octanol–water partition coefficient (Wildman–Crippen LogP) is 2.25. The highest BCUT2D eigenvalue weighted by Crippen LogP contribution is 2.16. The minimum Gasteiger partial charge on any atom is -0.351 e. The molecule has 4 nitrogen and oxygen atoms in total. The van der Waals surface area contributed by atoms with Crippen molar-refractivity contribution in [2.45, 2.75) is 38.8 Å². The lowest BCUT2D eigenvalue weighted by molar-refractivity contribution is -0.125. The number of fused-ring (bicyclic) bond motifs is 1. The molecule has 0 aliphatic carbocycles. The maximum atomic E-state index is 12.3. The van der Waals surface area contributed by atoms with Crippen LogP contribution in [-0.2, 0) is 24.2 Å². The first-order valence-electron chi connectivity index (χ1n) is 7.05. The molecule has 0 saturated heterocycles. The van der Waals surface area contributed by atoms with E-state index in [2.05, 4.69) is 26.3 Å². The molecule has 0 spiro atoms. The maximum absolute atomic E-state index is 12.3. The molecular formula is C15H19N3OS. The SMILES string of the molecule is C[C@H](Cc1cccs1)C(=O)N[C@@H]1CCc2nccn2C1. The summed E-state index contributed by atoms with van der Waals surface area (Å²) in [5.41, 5.74) is 0. The fraction of sp³-hybridized carbons (Fsp3) is 0.467. The summed E-state index contributed by atoms with van der Waals surface area (Å²) in [6.07, 6.45) is 6.57. The van der Waals surface area contributed by atoms with Crippen LogP contribution in [0.2, 0.25) is 0 Å². The number of hydrogen-bond acceptors (Lipinski definition) is 3. The van der Waals surface area contributed by atoms with E-state index in [0.717, 1.165) is 31.6 Å². The first-order valence-corrected chi connectivity index (χ1v) is 7.93. The summed E-state index contributed by atoms with van der Waals surface area (Å²) in [6.45, 7) is 2.84. The van der Waals surface area contributed by atoms with Gasteiger partial charge in [0.15, 0.2) is 0 Å². The second-order valence-corrected chi connectivity index (χ2v) is 6.46. The molecule has 0 radical (unpaired) electrons. The van der Waals surface area contributed by atoms with Crippen LogP contribution in [0.3, 0.4) is 0 Å². The van der Waals surface area contributed by atoms with Crippen LogP contribution >= 0.6 is 11.3 Å². The Hall–Kier alpha value is -1.62. The van der Waals surface area contributed by atoms with Crippen molar-refractivity contribution in [2.24, 2.45) is 5.92 Å². The quantitative estimate of drug-likeness (QED) is 0.938. The van der Waals surface area contributed by atoms with Gasteiger partial charge in [0.05, 0.1) is 0 Å². The van der Waals surface area contributed by atoms with Gasteiger partial charge in [-0.25, -0.2) is 4.98 Å². The number of thiophene rings is 1. The van der Waals surface area contributed by atoms with Crippen LogP contribution < -0.4 is 5.32 Å². The highest BCUT2D eigenvalue weighted by molar-refractivity contribution is 7.09. The number of aryl methyl sites for hydroxylation is 1. The standard InChI is InChI=1S/C15H19N3OS/c1-11(9-13-3-2-8-20-13)15(19)17-12-4-5-14-16-6-7-18(14)10-12/h2-3,6-8,11-12H,4-5,9-10H2,1H3,(H,17,19)/t11-,12-/m1/s1. The van der Waals surface area contributed by atoms with Crippen molar-refractivity contribution in [3.8, 4) is 0 Å². The van der Waals surface area contributed by atoms with Gasteiger partial charge < -0.3 is 9.88 Å². The summed E-state index contributed by atoms with van der Waals surface area (Å²) in [4.78, 5) is 17.8. The average molecular weight is 289 g/mol. The van der Waals surface area contributed by atoms with Crippen LogP contribution in [0.4, 0.5) is 0 Å². The number of carbonyl (C=O) groups is 1. The summed E-state index contributed by atoms with van der Waals surface area (Å²) < 4.78 is 2.14. The number of rotatable bonds is 4. The van der Waals surface area contributed by atoms with Crippen LogP contribution in [0.15, 0.2) is 29.9 Å². The van der Waals surface area contributed by atoms with E-state index >= 15 is 0 Å². The molecule has 3 rings (SSSR count). The monoisotopic (exact) mass is 289 g/mol. The van der Waals surface area contributed by atoms with E-state index in [1.807, 2.05) is 25.4 Å². The van der Waals surface area contributed by atoms with Gasteiger partial charge in [-0.1, -0.05) is 13.0 Å².